The van der Waals surface area contributed by atoms with E-state index in [4.69, 9.17) is 4.74 Å². The van der Waals surface area contributed by atoms with Crippen molar-refractivity contribution in [3.63, 3.8) is 0 Å². The summed E-state index contributed by atoms with van der Waals surface area (Å²) in [4.78, 5) is 3.60. The van der Waals surface area contributed by atoms with E-state index in [1.165, 1.54) is 10.4 Å². The molecular formula is C23H25NO2S. The molecule has 0 amide bonds. The number of rotatable bonds is 5. The highest BCUT2D eigenvalue weighted by molar-refractivity contribution is 7.13. The van der Waals surface area contributed by atoms with E-state index in [2.05, 4.69) is 59.7 Å². The van der Waals surface area contributed by atoms with Gasteiger partial charge >= 0.3 is 0 Å². The number of hydrogen-bond acceptors (Lipinski definition) is 4. The summed E-state index contributed by atoms with van der Waals surface area (Å²) in [6.45, 7) is 5.60. The number of hydrogen-bond donors (Lipinski definition) is 1. The molecule has 0 fully saturated rings. The van der Waals surface area contributed by atoms with Crippen LogP contribution < -0.4 is 4.74 Å². The third-order valence-corrected chi connectivity index (χ3v) is 6.17. The fourth-order valence-electron chi connectivity index (χ4n) is 3.65. The lowest BCUT2D eigenvalue weighted by Crippen LogP contribution is -2.27. The standard InChI is InChI=1S/C23H25NO2S/c1-17(18-6-3-2-4-7-18)9-10-24-11-12-26-23-20(16-24)14-19(15-21(23)25)22-8-5-13-27-22/h2-8,13-15,17,25H,9-12,16H2,1H3/t17-/m1/s1. The molecule has 0 aliphatic carbocycles. The molecule has 4 rings (SSSR count). The van der Waals surface area contributed by atoms with E-state index < -0.39 is 0 Å². The van der Waals surface area contributed by atoms with Gasteiger partial charge in [0.05, 0.1) is 0 Å². The third kappa shape index (κ3) is 4.18. The summed E-state index contributed by atoms with van der Waals surface area (Å²) in [5.41, 5.74) is 3.52. The molecule has 1 atom stereocenters. The highest BCUT2D eigenvalue weighted by Gasteiger charge is 2.20. The molecule has 1 aromatic heterocycles. The zero-order chi connectivity index (χ0) is 18.6. The molecule has 140 valence electrons. The van der Waals surface area contributed by atoms with Gasteiger partial charge in [0.15, 0.2) is 11.5 Å². The van der Waals surface area contributed by atoms with Crippen LogP contribution in [0.15, 0.2) is 60.0 Å². The summed E-state index contributed by atoms with van der Waals surface area (Å²) in [7, 11) is 0. The topological polar surface area (TPSA) is 32.7 Å². The summed E-state index contributed by atoms with van der Waals surface area (Å²) in [6.07, 6.45) is 1.11. The van der Waals surface area contributed by atoms with Crippen LogP contribution in [0.25, 0.3) is 10.4 Å². The van der Waals surface area contributed by atoms with E-state index >= 15 is 0 Å². The molecule has 1 N–H and O–H groups in total. The summed E-state index contributed by atoms with van der Waals surface area (Å²) < 4.78 is 5.89. The highest BCUT2D eigenvalue weighted by Crippen LogP contribution is 2.38. The maximum atomic E-state index is 10.5. The predicted octanol–water partition coefficient (Wildman–Crippen LogP) is 5.51. The molecule has 1 aliphatic heterocycles. The average molecular weight is 380 g/mol. The van der Waals surface area contributed by atoms with Crippen molar-refractivity contribution in [2.45, 2.75) is 25.8 Å². The third-order valence-electron chi connectivity index (χ3n) is 5.25. The van der Waals surface area contributed by atoms with Crippen molar-refractivity contribution in [1.82, 2.24) is 4.90 Å². The second-order valence-corrected chi connectivity index (χ2v) is 8.13. The SMILES string of the molecule is C[C@H](CCN1CCOc2c(O)cc(-c3cccs3)cc2C1)c1ccccc1. The van der Waals surface area contributed by atoms with Gasteiger partial charge in [0.1, 0.15) is 6.61 Å². The first-order valence-corrected chi connectivity index (χ1v) is 10.4. The molecule has 3 nitrogen and oxygen atoms in total. The number of ether oxygens (including phenoxy) is 1. The van der Waals surface area contributed by atoms with Crippen LogP contribution in [0.4, 0.5) is 0 Å². The van der Waals surface area contributed by atoms with E-state index in [9.17, 15) is 5.11 Å². The largest absolute Gasteiger partial charge is 0.504 e. The number of fused-ring (bicyclic) bond motifs is 1. The Labute approximate surface area is 164 Å². The van der Waals surface area contributed by atoms with Crippen molar-refractivity contribution in [3.8, 4) is 21.9 Å². The molecule has 0 bridgehead atoms. The summed E-state index contributed by atoms with van der Waals surface area (Å²) in [6, 6.07) is 18.8. The summed E-state index contributed by atoms with van der Waals surface area (Å²) in [5.74, 6) is 1.42. The quantitative estimate of drug-likeness (QED) is 0.634. The second-order valence-electron chi connectivity index (χ2n) is 7.19. The normalized spacial score (nSPS) is 15.6. The first-order chi connectivity index (χ1) is 13.2. The molecule has 1 aliphatic rings. The molecule has 3 aromatic rings. The van der Waals surface area contributed by atoms with E-state index in [-0.39, 0.29) is 5.75 Å². The monoisotopic (exact) mass is 379 g/mol. The van der Waals surface area contributed by atoms with Gasteiger partial charge in [0.2, 0.25) is 0 Å². The van der Waals surface area contributed by atoms with Crippen LogP contribution in [0, 0.1) is 0 Å². The predicted molar refractivity (Wildman–Crippen MR) is 112 cm³/mol. The Balaban J connectivity index is 1.49. The van der Waals surface area contributed by atoms with E-state index in [0.717, 1.165) is 37.2 Å². The minimum absolute atomic E-state index is 0.246. The summed E-state index contributed by atoms with van der Waals surface area (Å²) in [5, 5.41) is 12.5. The zero-order valence-corrected chi connectivity index (χ0v) is 16.4. The average Bonchev–Trinajstić information content (AvgIpc) is 3.14. The maximum absolute atomic E-state index is 10.5. The number of phenols is 1. The van der Waals surface area contributed by atoms with E-state index in [0.29, 0.717) is 18.3 Å². The van der Waals surface area contributed by atoms with Crippen LogP contribution in [0.3, 0.4) is 0 Å². The number of phenolic OH excluding ortho intramolecular Hbond substituents is 1. The van der Waals surface area contributed by atoms with Gasteiger partial charge in [0, 0.05) is 23.5 Å². The van der Waals surface area contributed by atoms with Crippen molar-refractivity contribution in [3.05, 3.63) is 71.1 Å². The van der Waals surface area contributed by atoms with Gasteiger partial charge < -0.3 is 9.84 Å². The Morgan fingerprint density at radius 1 is 1.15 bits per heavy atom. The van der Waals surface area contributed by atoms with Gasteiger partial charge in [-0.15, -0.1) is 11.3 Å². The Kier molecular flexibility index (Phi) is 5.46. The lowest BCUT2D eigenvalue weighted by molar-refractivity contribution is 0.218. The van der Waals surface area contributed by atoms with Crippen molar-refractivity contribution < 1.29 is 9.84 Å². The van der Waals surface area contributed by atoms with Crippen LogP contribution in [-0.2, 0) is 6.54 Å². The lowest BCUT2D eigenvalue weighted by atomic mass is 9.97. The Hall–Kier alpha value is -2.30. The van der Waals surface area contributed by atoms with Gasteiger partial charge in [-0.25, -0.2) is 0 Å². The Bertz CT molecular complexity index is 877. The van der Waals surface area contributed by atoms with Gasteiger partial charge in [-0.05, 0) is 53.6 Å². The van der Waals surface area contributed by atoms with Gasteiger partial charge in [0.25, 0.3) is 0 Å². The first-order valence-electron chi connectivity index (χ1n) is 9.50. The molecule has 27 heavy (non-hydrogen) atoms. The van der Waals surface area contributed by atoms with E-state index in [1.807, 2.05) is 12.1 Å². The highest BCUT2D eigenvalue weighted by atomic mass is 32.1. The number of thiophene rings is 1. The molecule has 0 radical (unpaired) electrons. The van der Waals surface area contributed by atoms with Crippen LogP contribution in [0.1, 0.15) is 30.4 Å². The van der Waals surface area contributed by atoms with Gasteiger partial charge in [-0.1, -0.05) is 43.3 Å². The fourth-order valence-corrected chi connectivity index (χ4v) is 4.37. The molecule has 0 unspecified atom stereocenters. The van der Waals surface area contributed by atoms with Crippen LogP contribution in [0.5, 0.6) is 11.5 Å². The Morgan fingerprint density at radius 2 is 2.00 bits per heavy atom. The van der Waals surface area contributed by atoms with Crippen molar-refractivity contribution >= 4 is 11.3 Å². The minimum Gasteiger partial charge on any atom is -0.504 e. The zero-order valence-electron chi connectivity index (χ0n) is 15.6. The number of benzene rings is 2. The molecule has 4 heteroatoms. The first kappa shape index (κ1) is 18.1. The molecule has 0 saturated carbocycles. The fraction of sp³-hybridized carbons (Fsp3) is 0.304. The van der Waals surface area contributed by atoms with Crippen LogP contribution in [0.2, 0.25) is 0 Å². The molecule has 0 saturated heterocycles. The van der Waals surface area contributed by atoms with Gasteiger partial charge in [-0.3, -0.25) is 4.90 Å². The molecule has 2 heterocycles. The van der Waals surface area contributed by atoms with Crippen molar-refractivity contribution in [2.75, 3.05) is 19.7 Å². The lowest BCUT2D eigenvalue weighted by Gasteiger charge is -2.22. The van der Waals surface area contributed by atoms with Crippen molar-refractivity contribution in [1.29, 1.82) is 0 Å². The maximum Gasteiger partial charge on any atom is 0.165 e. The van der Waals surface area contributed by atoms with Crippen LogP contribution >= 0.6 is 11.3 Å². The molecule has 2 aromatic carbocycles. The van der Waals surface area contributed by atoms with Crippen LogP contribution in [-0.4, -0.2) is 29.7 Å². The smallest absolute Gasteiger partial charge is 0.165 e. The molecular weight excluding hydrogens is 354 g/mol. The summed E-state index contributed by atoms with van der Waals surface area (Å²) >= 11 is 1.69. The van der Waals surface area contributed by atoms with Gasteiger partial charge in [-0.2, -0.15) is 0 Å². The number of aromatic hydroxyl groups is 1. The minimum atomic E-state index is 0.246. The Morgan fingerprint density at radius 3 is 2.78 bits per heavy atom. The van der Waals surface area contributed by atoms with E-state index in [1.54, 1.807) is 11.3 Å². The molecule has 0 spiro atoms. The van der Waals surface area contributed by atoms with Crippen molar-refractivity contribution in [2.24, 2.45) is 0 Å². The second kappa shape index (κ2) is 8.15. The number of nitrogens with zero attached hydrogens (tertiary/aromatic N) is 1.